The molecule has 1 aliphatic heterocycles. The van der Waals surface area contributed by atoms with Gasteiger partial charge in [0.1, 0.15) is 17.2 Å². The molecule has 8 heteroatoms. The highest BCUT2D eigenvalue weighted by Gasteiger charge is 2.25. The van der Waals surface area contributed by atoms with E-state index in [2.05, 4.69) is 5.32 Å². The second kappa shape index (κ2) is 10.2. The van der Waals surface area contributed by atoms with Crippen LogP contribution in [-0.4, -0.2) is 56.7 Å². The molecule has 1 saturated heterocycles. The predicted octanol–water partition coefficient (Wildman–Crippen LogP) is 3.16. The van der Waals surface area contributed by atoms with Crippen molar-refractivity contribution in [3.8, 4) is 17.2 Å². The number of nitrogens with one attached hydrogen (secondary N) is 1. The zero-order chi connectivity index (χ0) is 21.5. The normalized spacial score (nSPS) is 14.2. The van der Waals surface area contributed by atoms with Crippen LogP contribution in [0.15, 0.2) is 42.5 Å². The zero-order valence-corrected chi connectivity index (χ0v) is 17.8. The van der Waals surface area contributed by atoms with E-state index in [9.17, 15) is 9.59 Å². The minimum Gasteiger partial charge on any atom is -0.497 e. The van der Waals surface area contributed by atoms with Crippen LogP contribution in [0.25, 0.3) is 0 Å². The first-order valence-corrected chi connectivity index (χ1v) is 10.1. The lowest BCUT2D eigenvalue weighted by Crippen LogP contribution is -2.47. The summed E-state index contributed by atoms with van der Waals surface area (Å²) in [6.07, 6.45) is 1.36. The first-order valence-electron chi connectivity index (χ1n) is 9.68. The number of halogens is 1. The Balaban J connectivity index is 1.47. The number of ether oxygens (including phenoxy) is 3. The third-order valence-electron chi connectivity index (χ3n) is 4.93. The van der Waals surface area contributed by atoms with E-state index in [4.69, 9.17) is 25.8 Å². The summed E-state index contributed by atoms with van der Waals surface area (Å²) in [4.78, 5) is 26.8. The van der Waals surface area contributed by atoms with Gasteiger partial charge in [-0.25, -0.2) is 0 Å². The van der Waals surface area contributed by atoms with Crippen LogP contribution in [0.4, 0.5) is 0 Å². The minimum absolute atomic E-state index is 0.00946. The van der Waals surface area contributed by atoms with Crippen LogP contribution >= 0.6 is 11.6 Å². The molecule has 0 atom stereocenters. The molecule has 30 heavy (non-hydrogen) atoms. The average Bonchev–Trinajstić information content (AvgIpc) is 2.78. The quantitative estimate of drug-likeness (QED) is 0.727. The van der Waals surface area contributed by atoms with Crippen molar-refractivity contribution < 1.29 is 23.8 Å². The lowest BCUT2D eigenvalue weighted by atomic mass is 10.0. The summed E-state index contributed by atoms with van der Waals surface area (Å²) < 4.78 is 15.9. The van der Waals surface area contributed by atoms with E-state index >= 15 is 0 Å². The molecule has 0 spiro atoms. The molecule has 0 unspecified atom stereocenters. The fourth-order valence-corrected chi connectivity index (χ4v) is 3.42. The van der Waals surface area contributed by atoms with Crippen LogP contribution in [0.2, 0.25) is 5.02 Å². The Morgan fingerprint density at radius 3 is 2.17 bits per heavy atom. The fraction of sp³-hybridized carbons (Fsp3) is 0.364. The first-order chi connectivity index (χ1) is 14.5. The summed E-state index contributed by atoms with van der Waals surface area (Å²) in [5.74, 6) is 1.46. The van der Waals surface area contributed by atoms with Gasteiger partial charge in [0.15, 0.2) is 6.61 Å². The Labute approximate surface area is 180 Å². The van der Waals surface area contributed by atoms with Gasteiger partial charge in [0.25, 0.3) is 11.8 Å². The maximum atomic E-state index is 12.8. The van der Waals surface area contributed by atoms with Gasteiger partial charge in [0, 0.05) is 35.8 Å². The van der Waals surface area contributed by atoms with Crippen molar-refractivity contribution in [3.05, 3.63) is 53.1 Å². The summed E-state index contributed by atoms with van der Waals surface area (Å²) in [6, 6.07) is 12.0. The number of methoxy groups -OCH3 is 2. The fourth-order valence-electron chi connectivity index (χ4n) is 3.29. The summed E-state index contributed by atoms with van der Waals surface area (Å²) in [7, 11) is 3.10. The number of hydrogen-bond acceptors (Lipinski definition) is 5. The van der Waals surface area contributed by atoms with Crippen LogP contribution in [0.5, 0.6) is 17.2 Å². The molecule has 0 aliphatic carbocycles. The molecular formula is C22H25ClN2O5. The predicted molar refractivity (Wildman–Crippen MR) is 114 cm³/mol. The highest BCUT2D eigenvalue weighted by Crippen LogP contribution is 2.24. The Kier molecular flexibility index (Phi) is 7.41. The van der Waals surface area contributed by atoms with Gasteiger partial charge in [0.05, 0.1) is 14.2 Å². The van der Waals surface area contributed by atoms with Crippen LogP contribution in [0.3, 0.4) is 0 Å². The average molecular weight is 433 g/mol. The van der Waals surface area contributed by atoms with E-state index in [1.807, 2.05) is 0 Å². The Morgan fingerprint density at radius 1 is 1.00 bits per heavy atom. The number of rotatable bonds is 7. The number of piperidine rings is 1. The number of likely N-dealkylation sites (tertiary alicyclic amines) is 1. The summed E-state index contributed by atoms with van der Waals surface area (Å²) in [5.41, 5.74) is 0.519. The molecular weight excluding hydrogens is 408 g/mol. The molecule has 0 saturated carbocycles. The SMILES string of the molecule is COc1cc(OC)cc(C(=O)N2CCC(NC(=O)COc3ccc(Cl)cc3)CC2)c1. The highest BCUT2D eigenvalue weighted by atomic mass is 35.5. The third kappa shape index (κ3) is 5.79. The highest BCUT2D eigenvalue weighted by molar-refractivity contribution is 6.30. The van der Waals surface area contributed by atoms with Crippen molar-refractivity contribution in [2.75, 3.05) is 33.9 Å². The molecule has 0 radical (unpaired) electrons. The van der Waals surface area contributed by atoms with Crippen molar-refractivity contribution in [3.63, 3.8) is 0 Å². The standard InChI is InChI=1S/C22H25ClN2O5/c1-28-19-11-15(12-20(13-19)29-2)22(27)25-9-7-17(8-10-25)24-21(26)14-30-18-5-3-16(23)4-6-18/h3-6,11-13,17H,7-10,14H2,1-2H3,(H,24,26). The van der Waals surface area contributed by atoms with Gasteiger partial charge < -0.3 is 24.4 Å². The summed E-state index contributed by atoms with van der Waals surface area (Å²) in [6.45, 7) is 1.05. The van der Waals surface area contributed by atoms with Crippen LogP contribution in [0.1, 0.15) is 23.2 Å². The second-order valence-corrected chi connectivity index (χ2v) is 7.41. The molecule has 1 heterocycles. The van der Waals surface area contributed by atoms with E-state index < -0.39 is 0 Å². The minimum atomic E-state index is -0.188. The van der Waals surface area contributed by atoms with Gasteiger partial charge in [-0.1, -0.05) is 11.6 Å². The topological polar surface area (TPSA) is 77.1 Å². The van der Waals surface area contributed by atoms with Crippen molar-refractivity contribution in [2.45, 2.75) is 18.9 Å². The van der Waals surface area contributed by atoms with Crippen molar-refractivity contribution in [2.24, 2.45) is 0 Å². The molecule has 1 N–H and O–H groups in total. The number of carbonyl (C=O) groups excluding carboxylic acids is 2. The van der Waals surface area contributed by atoms with E-state index in [1.165, 1.54) is 0 Å². The third-order valence-corrected chi connectivity index (χ3v) is 5.18. The number of nitrogens with zero attached hydrogens (tertiary/aromatic N) is 1. The van der Waals surface area contributed by atoms with Gasteiger partial charge in [0.2, 0.25) is 0 Å². The zero-order valence-electron chi connectivity index (χ0n) is 17.0. The molecule has 3 rings (SSSR count). The summed E-state index contributed by atoms with van der Waals surface area (Å²) in [5, 5.41) is 3.58. The number of carbonyl (C=O) groups is 2. The van der Waals surface area contributed by atoms with Crippen LogP contribution in [0, 0.1) is 0 Å². The monoisotopic (exact) mass is 432 g/mol. The molecule has 2 aromatic rings. The molecule has 0 bridgehead atoms. The number of benzene rings is 2. The van der Waals surface area contributed by atoms with E-state index in [1.54, 1.807) is 61.6 Å². The summed E-state index contributed by atoms with van der Waals surface area (Å²) >= 11 is 5.83. The van der Waals surface area contributed by atoms with E-state index in [0.717, 1.165) is 0 Å². The van der Waals surface area contributed by atoms with Crippen molar-refractivity contribution in [1.29, 1.82) is 0 Å². The largest absolute Gasteiger partial charge is 0.497 e. The first kappa shape index (κ1) is 21.8. The van der Waals surface area contributed by atoms with E-state index in [0.29, 0.717) is 53.8 Å². The van der Waals surface area contributed by atoms with Gasteiger partial charge in [-0.3, -0.25) is 9.59 Å². The van der Waals surface area contributed by atoms with Crippen molar-refractivity contribution >= 4 is 23.4 Å². The lowest BCUT2D eigenvalue weighted by Gasteiger charge is -2.32. The Bertz CT molecular complexity index is 857. The van der Waals surface area contributed by atoms with E-state index in [-0.39, 0.29) is 24.5 Å². The molecule has 7 nitrogen and oxygen atoms in total. The Hall–Kier alpha value is -2.93. The maximum absolute atomic E-state index is 12.8. The van der Waals surface area contributed by atoms with Crippen LogP contribution in [-0.2, 0) is 4.79 Å². The molecule has 160 valence electrons. The molecule has 1 fully saturated rings. The smallest absolute Gasteiger partial charge is 0.258 e. The maximum Gasteiger partial charge on any atom is 0.258 e. The molecule has 0 aromatic heterocycles. The van der Waals surface area contributed by atoms with Gasteiger partial charge >= 0.3 is 0 Å². The van der Waals surface area contributed by atoms with Crippen molar-refractivity contribution in [1.82, 2.24) is 10.2 Å². The van der Waals surface area contributed by atoms with Gasteiger partial charge in [-0.15, -0.1) is 0 Å². The number of hydrogen-bond donors (Lipinski definition) is 1. The second-order valence-electron chi connectivity index (χ2n) is 6.98. The molecule has 2 amide bonds. The molecule has 2 aromatic carbocycles. The van der Waals surface area contributed by atoms with Crippen LogP contribution < -0.4 is 19.5 Å². The molecule has 1 aliphatic rings. The van der Waals surface area contributed by atoms with Gasteiger partial charge in [-0.05, 0) is 49.2 Å². The van der Waals surface area contributed by atoms with Gasteiger partial charge in [-0.2, -0.15) is 0 Å². The lowest BCUT2D eigenvalue weighted by molar-refractivity contribution is -0.124. The Morgan fingerprint density at radius 2 is 1.60 bits per heavy atom. The number of amides is 2.